The van der Waals surface area contributed by atoms with Crippen LogP contribution in [0, 0.1) is 10.1 Å². The topological polar surface area (TPSA) is 80.4 Å². The molecule has 0 aromatic carbocycles. The number of unbranched alkanes of at least 4 members (excludes halogenated alkanes) is 5. The summed E-state index contributed by atoms with van der Waals surface area (Å²) in [4.78, 5) is 21.3. The maximum atomic E-state index is 11.1. The molecular formula is C22H33NO4. The molecule has 0 spiro atoms. The number of carbonyl (C=O) groups is 1. The third-order valence-corrected chi connectivity index (χ3v) is 4.06. The van der Waals surface area contributed by atoms with Crippen LogP contribution in [0.2, 0.25) is 0 Å². The van der Waals surface area contributed by atoms with Crippen molar-refractivity contribution in [2.24, 2.45) is 0 Å². The highest BCUT2D eigenvalue weighted by Gasteiger charge is 2.18. The lowest BCUT2D eigenvalue weighted by molar-refractivity contribution is -0.524. The van der Waals surface area contributed by atoms with E-state index in [2.05, 4.69) is 30.5 Å². The third kappa shape index (κ3) is 18.2. The number of allylic oxidation sites excluding steroid dienone is 3. The Bertz CT molecular complexity index is 565. The largest absolute Gasteiger partial charge is 0.481 e. The van der Waals surface area contributed by atoms with Gasteiger partial charge in [0, 0.05) is 17.8 Å². The van der Waals surface area contributed by atoms with Crippen LogP contribution in [0.15, 0.2) is 47.9 Å². The van der Waals surface area contributed by atoms with Crippen LogP contribution >= 0.6 is 0 Å². The Kier molecular flexibility index (Phi) is 16.8. The highest BCUT2D eigenvalue weighted by Crippen LogP contribution is 2.14. The van der Waals surface area contributed by atoms with Gasteiger partial charge in [0.1, 0.15) is 0 Å². The van der Waals surface area contributed by atoms with E-state index in [9.17, 15) is 14.9 Å². The molecule has 1 unspecified atom stereocenters. The number of aliphatic carboxylic acids is 1. The second kappa shape index (κ2) is 18.4. The van der Waals surface area contributed by atoms with Crippen molar-refractivity contribution in [3.05, 3.63) is 58.0 Å². The van der Waals surface area contributed by atoms with Crippen LogP contribution in [0.5, 0.6) is 0 Å². The molecule has 0 radical (unpaired) electrons. The Morgan fingerprint density at radius 3 is 2.33 bits per heavy atom. The minimum atomic E-state index is -0.874. The minimum absolute atomic E-state index is 0.0297. The van der Waals surface area contributed by atoms with Gasteiger partial charge in [0.2, 0.25) is 6.04 Å². The van der Waals surface area contributed by atoms with Gasteiger partial charge in [0.15, 0.2) is 0 Å². The molecule has 0 aliphatic rings. The molecule has 0 amide bonds. The number of nitrogens with zero attached hydrogens (tertiary/aromatic N) is 1. The molecule has 0 saturated heterocycles. The molecule has 150 valence electrons. The second-order valence-corrected chi connectivity index (χ2v) is 6.45. The average molecular weight is 376 g/mol. The lowest BCUT2D eigenvalue weighted by Gasteiger charge is -2.08. The fraction of sp³-hybridized carbons (Fsp3) is 0.591. The molecule has 0 aliphatic carbocycles. The molecule has 27 heavy (non-hydrogen) atoms. The van der Waals surface area contributed by atoms with Crippen molar-refractivity contribution in [3.8, 4) is 0 Å². The predicted octanol–water partition coefficient (Wildman–Crippen LogP) is 6.01. The average Bonchev–Trinajstić information content (AvgIpc) is 2.63. The summed E-state index contributed by atoms with van der Waals surface area (Å²) in [5.74, 6) is -0.874. The van der Waals surface area contributed by atoms with Crippen molar-refractivity contribution in [3.63, 3.8) is 0 Å². The molecule has 0 aromatic rings. The van der Waals surface area contributed by atoms with Crippen LogP contribution in [-0.4, -0.2) is 22.0 Å². The summed E-state index contributed by atoms with van der Waals surface area (Å²) in [6.07, 6.45) is 20.1. The Morgan fingerprint density at radius 2 is 1.70 bits per heavy atom. The maximum absolute atomic E-state index is 11.1. The van der Waals surface area contributed by atoms with Gasteiger partial charge in [-0.15, -0.1) is 11.5 Å². The van der Waals surface area contributed by atoms with Crippen LogP contribution < -0.4 is 0 Å². The standard InChI is InChI=1S/C22H33NO4/c1-2-3-4-15-18-21(23(26)27)19-16-13-11-9-7-5-6-8-10-12-14-17-20-22(24)25/h6-7,9-10,12,17,21H,2-5,11,13,15-16,18-20H2,1H3,(H,24,25)/b9-7-. The molecule has 5 nitrogen and oxygen atoms in total. The molecule has 1 atom stereocenters. The minimum Gasteiger partial charge on any atom is -0.481 e. The summed E-state index contributed by atoms with van der Waals surface area (Å²) in [6, 6.07) is -0.378. The molecule has 0 heterocycles. The number of hydrogen-bond acceptors (Lipinski definition) is 3. The number of carboxylic acid groups (broad SMARTS) is 1. The highest BCUT2D eigenvalue weighted by molar-refractivity contribution is 5.68. The van der Waals surface area contributed by atoms with Crippen LogP contribution in [0.4, 0.5) is 0 Å². The van der Waals surface area contributed by atoms with Crippen LogP contribution in [-0.2, 0) is 4.79 Å². The summed E-state index contributed by atoms with van der Waals surface area (Å²) in [5, 5.41) is 19.5. The quantitative estimate of drug-likeness (QED) is 0.0895. The monoisotopic (exact) mass is 375 g/mol. The summed E-state index contributed by atoms with van der Waals surface area (Å²) < 4.78 is 0. The number of rotatable bonds is 16. The summed E-state index contributed by atoms with van der Waals surface area (Å²) in [7, 11) is 0. The van der Waals surface area contributed by atoms with E-state index in [1.54, 1.807) is 12.2 Å². The van der Waals surface area contributed by atoms with E-state index in [-0.39, 0.29) is 17.4 Å². The van der Waals surface area contributed by atoms with E-state index in [4.69, 9.17) is 5.11 Å². The molecule has 0 rings (SSSR count). The van der Waals surface area contributed by atoms with Crippen molar-refractivity contribution in [2.75, 3.05) is 0 Å². The predicted molar refractivity (Wildman–Crippen MR) is 109 cm³/mol. The van der Waals surface area contributed by atoms with E-state index in [0.29, 0.717) is 12.8 Å². The fourth-order valence-corrected chi connectivity index (χ4v) is 2.53. The first-order valence-electron chi connectivity index (χ1n) is 9.88. The molecule has 0 fully saturated rings. The van der Waals surface area contributed by atoms with Crippen LogP contribution in [0.25, 0.3) is 0 Å². The summed E-state index contributed by atoms with van der Waals surface area (Å²) in [6.45, 7) is 2.14. The normalized spacial score (nSPS) is 11.3. The van der Waals surface area contributed by atoms with Crippen LogP contribution in [0.1, 0.15) is 77.6 Å². The number of hydrogen-bond donors (Lipinski definition) is 1. The van der Waals surface area contributed by atoms with Crippen molar-refractivity contribution in [2.45, 2.75) is 83.6 Å². The first-order valence-corrected chi connectivity index (χ1v) is 9.88. The fourth-order valence-electron chi connectivity index (χ4n) is 2.53. The van der Waals surface area contributed by atoms with E-state index in [1.807, 2.05) is 6.08 Å². The Hall–Kier alpha value is -2.35. The van der Waals surface area contributed by atoms with Gasteiger partial charge in [-0.1, -0.05) is 38.3 Å². The van der Waals surface area contributed by atoms with Gasteiger partial charge < -0.3 is 5.11 Å². The molecule has 0 aliphatic heterocycles. The van der Waals surface area contributed by atoms with Gasteiger partial charge in [0.25, 0.3) is 0 Å². The smallest absolute Gasteiger partial charge is 0.307 e. The van der Waals surface area contributed by atoms with E-state index in [1.165, 1.54) is 6.08 Å². The first-order chi connectivity index (χ1) is 13.1. The lowest BCUT2D eigenvalue weighted by atomic mass is 10.0. The Morgan fingerprint density at radius 1 is 1.04 bits per heavy atom. The van der Waals surface area contributed by atoms with Crippen molar-refractivity contribution in [1.29, 1.82) is 0 Å². The number of carboxylic acids is 1. The van der Waals surface area contributed by atoms with Gasteiger partial charge in [-0.25, -0.2) is 0 Å². The third-order valence-electron chi connectivity index (χ3n) is 4.06. The highest BCUT2D eigenvalue weighted by atomic mass is 16.6. The number of nitro groups is 1. The van der Waals surface area contributed by atoms with Gasteiger partial charge in [0.05, 0.1) is 6.42 Å². The second-order valence-electron chi connectivity index (χ2n) is 6.45. The Labute approximate surface area is 163 Å². The summed E-state index contributed by atoms with van der Waals surface area (Å²) >= 11 is 0. The van der Waals surface area contributed by atoms with Gasteiger partial charge in [-0.05, 0) is 56.4 Å². The Balaban J connectivity index is 3.83. The molecule has 0 bridgehead atoms. The van der Waals surface area contributed by atoms with E-state index < -0.39 is 5.97 Å². The van der Waals surface area contributed by atoms with E-state index >= 15 is 0 Å². The van der Waals surface area contributed by atoms with Crippen molar-refractivity contribution in [1.82, 2.24) is 0 Å². The first kappa shape index (κ1) is 24.7. The van der Waals surface area contributed by atoms with Gasteiger partial charge >= 0.3 is 5.97 Å². The van der Waals surface area contributed by atoms with Crippen molar-refractivity contribution >= 4 is 5.97 Å². The molecule has 5 heteroatoms. The van der Waals surface area contributed by atoms with Gasteiger partial charge in [-0.2, -0.15) is 0 Å². The summed E-state index contributed by atoms with van der Waals surface area (Å²) in [5.41, 5.74) is 5.71. The zero-order valence-electron chi connectivity index (χ0n) is 16.4. The zero-order valence-corrected chi connectivity index (χ0v) is 16.4. The molecule has 0 saturated carbocycles. The maximum Gasteiger partial charge on any atom is 0.307 e. The molecule has 1 N–H and O–H groups in total. The van der Waals surface area contributed by atoms with Gasteiger partial charge in [-0.3, -0.25) is 14.9 Å². The SMILES string of the molecule is CCCCCCC(CCCC/C=C\CC=C=CC=C=CCC(=O)O)[N+](=O)[O-]. The molecule has 0 aromatic heterocycles. The zero-order chi connectivity index (χ0) is 20.2. The van der Waals surface area contributed by atoms with Crippen LogP contribution in [0.3, 0.4) is 0 Å². The lowest BCUT2D eigenvalue weighted by Crippen LogP contribution is -2.19. The van der Waals surface area contributed by atoms with E-state index in [0.717, 1.165) is 51.4 Å². The van der Waals surface area contributed by atoms with Crippen molar-refractivity contribution < 1.29 is 14.8 Å². The molecular weight excluding hydrogens is 342 g/mol.